The highest BCUT2D eigenvalue weighted by atomic mass is 19.1. The van der Waals surface area contributed by atoms with Gasteiger partial charge in [0.15, 0.2) is 11.6 Å². The van der Waals surface area contributed by atoms with Gasteiger partial charge in [-0.15, -0.1) is 0 Å². The summed E-state index contributed by atoms with van der Waals surface area (Å²) < 4.78 is 36.8. The molecule has 3 saturated heterocycles. The van der Waals surface area contributed by atoms with Gasteiger partial charge >= 0.3 is 0 Å². The van der Waals surface area contributed by atoms with E-state index >= 15 is 4.39 Å². The number of nitrogens with zero attached hydrogens (tertiary/aromatic N) is 5. The van der Waals surface area contributed by atoms with E-state index in [2.05, 4.69) is 38.9 Å². The van der Waals surface area contributed by atoms with Crippen LogP contribution in [0.4, 0.5) is 14.5 Å². The third-order valence-electron chi connectivity index (χ3n) is 10.4. The number of benzene rings is 1. The number of amides is 1. The summed E-state index contributed by atoms with van der Waals surface area (Å²) in [5.74, 6) is -2.21. The third-order valence-corrected chi connectivity index (χ3v) is 10.4. The molecule has 8 nitrogen and oxygen atoms in total. The Morgan fingerprint density at radius 2 is 1.96 bits per heavy atom. The largest absolute Gasteiger partial charge is 0.475 e. The van der Waals surface area contributed by atoms with Crippen LogP contribution in [0.5, 0.6) is 5.88 Å². The fraction of sp³-hybridized carbons (Fsp3) is 0.486. The normalized spacial score (nSPS) is 20.6. The molecular weight excluding hydrogens is 574 g/mol. The van der Waals surface area contributed by atoms with Gasteiger partial charge in [0.25, 0.3) is 5.91 Å². The number of rotatable bonds is 8. The van der Waals surface area contributed by atoms with E-state index in [1.807, 2.05) is 12.1 Å². The van der Waals surface area contributed by atoms with E-state index in [-0.39, 0.29) is 40.8 Å². The van der Waals surface area contributed by atoms with Crippen LogP contribution in [0.15, 0.2) is 36.8 Å². The van der Waals surface area contributed by atoms with Crippen molar-refractivity contribution in [2.75, 3.05) is 38.1 Å². The summed E-state index contributed by atoms with van der Waals surface area (Å²) in [5, 5.41) is 14.1. The number of carbonyl (C=O) groups is 1. The molecule has 2 aromatic heterocycles. The molecule has 1 N–H and O–H groups in total. The number of ether oxygens (including phenoxy) is 1. The third kappa shape index (κ3) is 5.21. The van der Waals surface area contributed by atoms with Crippen molar-refractivity contribution in [3.63, 3.8) is 0 Å². The van der Waals surface area contributed by atoms with Gasteiger partial charge in [-0.2, -0.15) is 5.26 Å². The lowest BCUT2D eigenvalue weighted by Crippen LogP contribution is -2.43. The Morgan fingerprint density at radius 3 is 2.73 bits per heavy atom. The van der Waals surface area contributed by atoms with Crippen LogP contribution in [0, 0.1) is 17.1 Å². The average molecular weight is 613 g/mol. The van der Waals surface area contributed by atoms with Crippen molar-refractivity contribution in [3.8, 4) is 23.2 Å². The van der Waals surface area contributed by atoms with Crippen molar-refractivity contribution in [1.29, 1.82) is 5.26 Å². The topological polar surface area (TPSA) is 94.4 Å². The van der Waals surface area contributed by atoms with Gasteiger partial charge in [-0.05, 0) is 88.4 Å². The van der Waals surface area contributed by atoms with Crippen molar-refractivity contribution in [3.05, 3.63) is 59.3 Å². The van der Waals surface area contributed by atoms with Crippen molar-refractivity contribution in [2.24, 2.45) is 0 Å². The van der Waals surface area contributed by atoms with Crippen molar-refractivity contribution >= 4 is 22.5 Å². The maximum atomic E-state index is 16.7. The molecule has 45 heavy (non-hydrogen) atoms. The summed E-state index contributed by atoms with van der Waals surface area (Å²) in [6, 6.07) is 7.91. The predicted octanol–water partition coefficient (Wildman–Crippen LogP) is 6.08. The average Bonchev–Trinajstić information content (AvgIpc) is 3.78. The van der Waals surface area contributed by atoms with Gasteiger partial charge in [-0.3, -0.25) is 14.7 Å². The molecule has 0 unspecified atom stereocenters. The molecule has 0 bridgehead atoms. The highest BCUT2D eigenvalue weighted by Gasteiger charge is 2.45. The Hall–Kier alpha value is -4.10. The highest BCUT2D eigenvalue weighted by molar-refractivity contribution is 5.97. The first-order valence-corrected chi connectivity index (χ1v) is 16.2. The quantitative estimate of drug-likeness (QED) is 0.308. The number of pyridine rings is 2. The number of hydrogen-bond acceptors (Lipinski definition) is 7. The molecular formula is C35H38F2N6O2. The van der Waals surface area contributed by atoms with Gasteiger partial charge in [0.1, 0.15) is 29.5 Å². The van der Waals surface area contributed by atoms with Gasteiger partial charge in [0.2, 0.25) is 5.88 Å². The summed E-state index contributed by atoms with van der Waals surface area (Å²) in [4.78, 5) is 25.7. The molecule has 0 radical (unpaired) electrons. The summed E-state index contributed by atoms with van der Waals surface area (Å²) in [5.41, 5.74) is 3.86. The molecule has 1 aliphatic carbocycles. The van der Waals surface area contributed by atoms with Crippen LogP contribution in [0.25, 0.3) is 22.2 Å². The van der Waals surface area contributed by atoms with Crippen LogP contribution in [0.3, 0.4) is 0 Å². The monoisotopic (exact) mass is 612 g/mol. The van der Waals surface area contributed by atoms with Gasteiger partial charge in [0.05, 0.1) is 11.2 Å². The van der Waals surface area contributed by atoms with Crippen LogP contribution < -0.4 is 10.1 Å². The first-order valence-electron chi connectivity index (χ1n) is 16.2. The number of carbonyl (C=O) groups excluding carboxylic acids is 1. The number of nitrogens with one attached hydrogen (secondary N) is 1. The fourth-order valence-electron chi connectivity index (χ4n) is 8.11. The van der Waals surface area contributed by atoms with Crippen LogP contribution in [-0.2, 0) is 17.6 Å². The van der Waals surface area contributed by atoms with Crippen molar-refractivity contribution in [2.45, 2.75) is 75.8 Å². The molecule has 3 fully saturated rings. The molecule has 0 saturated carbocycles. The van der Waals surface area contributed by atoms with Crippen molar-refractivity contribution < 1.29 is 18.3 Å². The minimum atomic E-state index is -1.00. The summed E-state index contributed by atoms with van der Waals surface area (Å²) in [6.45, 7) is 6.26. The number of halogens is 2. The number of anilines is 1. The van der Waals surface area contributed by atoms with Gasteiger partial charge < -0.3 is 15.0 Å². The standard InChI is InChI=1S/C35H38F2N6O2/c1-22(36)34(44)43-17-5-10-24(43)19-39-30-27(18-38)33(45-21-35-13-6-15-42(35)16-7-14-35)41-32-28(30)20-40-31(29(32)37)26-12-4-9-23-8-2-3-11-25(23)26/h4,9,12,20,24H,1-3,5-8,10-11,13-17,19,21H2,(H,39,41)/t24-/m0/s1. The zero-order valence-electron chi connectivity index (χ0n) is 25.5. The summed E-state index contributed by atoms with van der Waals surface area (Å²) >= 11 is 0. The Labute approximate surface area is 262 Å². The number of nitriles is 1. The van der Waals surface area contributed by atoms with E-state index in [4.69, 9.17) is 4.74 Å². The van der Waals surface area contributed by atoms with E-state index in [9.17, 15) is 14.4 Å². The Balaban J connectivity index is 1.30. The SMILES string of the molecule is C=C(F)C(=O)N1CCC[C@H]1CNc1c(C#N)c(OCC23CCCN2CCC3)nc2c(F)c(-c3cccc4c3CCCC4)ncc12. The van der Waals surface area contributed by atoms with Crippen LogP contribution in [-0.4, -0.2) is 70.0 Å². The second-order valence-electron chi connectivity index (χ2n) is 12.9. The van der Waals surface area contributed by atoms with E-state index in [1.165, 1.54) is 10.5 Å². The van der Waals surface area contributed by atoms with Crippen LogP contribution in [0.1, 0.15) is 68.1 Å². The molecule has 0 spiro atoms. The zero-order chi connectivity index (χ0) is 31.1. The molecule has 7 rings (SSSR count). The van der Waals surface area contributed by atoms with Crippen LogP contribution >= 0.6 is 0 Å². The van der Waals surface area contributed by atoms with Crippen LogP contribution in [0.2, 0.25) is 0 Å². The number of hydrogen-bond donors (Lipinski definition) is 1. The number of likely N-dealkylation sites (tertiary alicyclic amines) is 1. The number of aryl methyl sites for hydroxylation is 1. The second-order valence-corrected chi connectivity index (χ2v) is 12.9. The summed E-state index contributed by atoms with van der Waals surface area (Å²) in [6.07, 6.45) is 11.2. The highest BCUT2D eigenvalue weighted by Crippen LogP contribution is 2.41. The molecule has 3 aromatic rings. The number of fused-ring (bicyclic) bond motifs is 3. The van der Waals surface area contributed by atoms with Gasteiger partial charge in [-0.25, -0.2) is 13.8 Å². The molecule has 3 aliphatic heterocycles. The lowest BCUT2D eigenvalue weighted by molar-refractivity contribution is -0.129. The fourth-order valence-corrected chi connectivity index (χ4v) is 8.11. The maximum absolute atomic E-state index is 16.7. The molecule has 1 aromatic carbocycles. The lowest BCUT2D eigenvalue weighted by atomic mass is 9.87. The zero-order valence-corrected chi connectivity index (χ0v) is 25.5. The molecule has 1 atom stereocenters. The number of aromatic nitrogens is 2. The van der Waals surface area contributed by atoms with E-state index < -0.39 is 17.6 Å². The maximum Gasteiger partial charge on any atom is 0.282 e. The molecule has 234 valence electrons. The van der Waals surface area contributed by atoms with E-state index in [1.54, 1.807) is 6.20 Å². The Bertz CT molecular complexity index is 1710. The lowest BCUT2D eigenvalue weighted by Gasteiger charge is -2.31. The smallest absolute Gasteiger partial charge is 0.282 e. The Morgan fingerprint density at radius 1 is 1.16 bits per heavy atom. The Kier molecular flexibility index (Phi) is 7.90. The van der Waals surface area contributed by atoms with E-state index in [0.29, 0.717) is 30.6 Å². The van der Waals surface area contributed by atoms with Crippen molar-refractivity contribution in [1.82, 2.24) is 19.8 Å². The molecule has 1 amide bonds. The minimum absolute atomic E-state index is 0.0774. The minimum Gasteiger partial charge on any atom is -0.475 e. The van der Waals surface area contributed by atoms with E-state index in [0.717, 1.165) is 82.0 Å². The second kappa shape index (κ2) is 12.0. The predicted molar refractivity (Wildman–Crippen MR) is 168 cm³/mol. The molecule has 10 heteroatoms. The first kappa shape index (κ1) is 29.6. The van der Waals surface area contributed by atoms with Gasteiger partial charge in [-0.1, -0.05) is 24.8 Å². The summed E-state index contributed by atoms with van der Waals surface area (Å²) in [7, 11) is 0. The molecule has 4 aliphatic rings. The molecule has 5 heterocycles. The first-order chi connectivity index (χ1) is 21.9. The van der Waals surface area contributed by atoms with Gasteiger partial charge in [0, 0.05) is 36.3 Å².